The van der Waals surface area contributed by atoms with Crippen LogP contribution in [-0.4, -0.2) is 50.2 Å². The molecule has 140 valence electrons. The maximum atomic E-state index is 12.5. The molecular formula is C21H21ClN2O3. The minimum Gasteiger partial charge on any atom is -0.486 e. The van der Waals surface area contributed by atoms with Crippen LogP contribution in [0.2, 0.25) is 5.02 Å². The van der Waals surface area contributed by atoms with E-state index in [4.69, 9.17) is 21.1 Å². The van der Waals surface area contributed by atoms with Gasteiger partial charge in [-0.1, -0.05) is 23.7 Å². The fourth-order valence-corrected chi connectivity index (χ4v) is 3.48. The summed E-state index contributed by atoms with van der Waals surface area (Å²) in [5.41, 5.74) is 2.02. The molecule has 0 bridgehead atoms. The van der Waals surface area contributed by atoms with Crippen LogP contribution < -0.4 is 14.4 Å². The maximum absolute atomic E-state index is 12.5. The number of hydrogen-bond acceptors (Lipinski definition) is 4. The van der Waals surface area contributed by atoms with Crippen molar-refractivity contribution in [3.63, 3.8) is 0 Å². The van der Waals surface area contributed by atoms with Crippen LogP contribution in [0.5, 0.6) is 11.5 Å². The minimum atomic E-state index is 0.0237. The molecule has 0 atom stereocenters. The predicted octanol–water partition coefficient (Wildman–Crippen LogP) is 3.47. The number of anilines is 1. The largest absolute Gasteiger partial charge is 0.486 e. The molecule has 2 aliphatic rings. The number of benzene rings is 2. The normalized spacial score (nSPS) is 16.6. The molecule has 2 aromatic carbocycles. The average Bonchev–Trinajstić information content (AvgIpc) is 2.72. The summed E-state index contributed by atoms with van der Waals surface area (Å²) in [4.78, 5) is 16.6. The quantitative estimate of drug-likeness (QED) is 0.760. The van der Waals surface area contributed by atoms with Gasteiger partial charge in [0.2, 0.25) is 5.91 Å². The van der Waals surface area contributed by atoms with Crippen molar-refractivity contribution in [2.24, 2.45) is 0 Å². The Hall–Kier alpha value is -2.66. The van der Waals surface area contributed by atoms with Gasteiger partial charge in [-0.25, -0.2) is 0 Å². The summed E-state index contributed by atoms with van der Waals surface area (Å²) in [6, 6.07) is 13.5. The molecule has 0 radical (unpaired) electrons. The van der Waals surface area contributed by atoms with Gasteiger partial charge in [0.1, 0.15) is 13.2 Å². The summed E-state index contributed by atoms with van der Waals surface area (Å²) in [6.07, 6.45) is 3.45. The molecule has 0 spiro atoms. The van der Waals surface area contributed by atoms with Crippen LogP contribution >= 0.6 is 11.6 Å². The molecule has 0 unspecified atom stereocenters. The van der Waals surface area contributed by atoms with Gasteiger partial charge in [0.25, 0.3) is 0 Å². The Morgan fingerprint density at radius 1 is 0.963 bits per heavy atom. The van der Waals surface area contributed by atoms with Crippen LogP contribution in [0.25, 0.3) is 6.08 Å². The molecule has 0 aliphatic carbocycles. The maximum Gasteiger partial charge on any atom is 0.246 e. The molecule has 2 heterocycles. The van der Waals surface area contributed by atoms with Crippen molar-refractivity contribution in [3.05, 3.63) is 59.1 Å². The van der Waals surface area contributed by atoms with Crippen molar-refractivity contribution < 1.29 is 14.3 Å². The summed E-state index contributed by atoms with van der Waals surface area (Å²) in [5.74, 6) is 1.50. The summed E-state index contributed by atoms with van der Waals surface area (Å²) in [6.45, 7) is 4.10. The highest BCUT2D eigenvalue weighted by atomic mass is 35.5. The Balaban J connectivity index is 1.35. The van der Waals surface area contributed by atoms with Gasteiger partial charge in [0.15, 0.2) is 11.5 Å². The van der Waals surface area contributed by atoms with Gasteiger partial charge >= 0.3 is 0 Å². The second-order valence-corrected chi connectivity index (χ2v) is 6.97. The van der Waals surface area contributed by atoms with Gasteiger partial charge in [-0.2, -0.15) is 0 Å². The monoisotopic (exact) mass is 384 g/mol. The third-order valence-electron chi connectivity index (χ3n) is 4.75. The standard InChI is InChI=1S/C21H21ClN2O3/c22-17-2-1-3-18(15-17)23-8-10-24(11-9-23)21(25)7-5-16-4-6-19-20(14-16)27-13-12-26-19/h1-7,14-15H,8-13H2/b7-5+. The van der Waals surface area contributed by atoms with E-state index in [-0.39, 0.29) is 5.91 Å². The van der Waals surface area contributed by atoms with Crippen LogP contribution in [0.3, 0.4) is 0 Å². The number of rotatable bonds is 3. The number of carbonyl (C=O) groups is 1. The molecule has 1 saturated heterocycles. The Bertz CT molecular complexity index is 860. The number of hydrogen-bond donors (Lipinski definition) is 0. The van der Waals surface area contributed by atoms with E-state index >= 15 is 0 Å². The summed E-state index contributed by atoms with van der Waals surface area (Å²) in [5, 5.41) is 0.730. The molecule has 4 rings (SSSR count). The molecule has 5 nitrogen and oxygen atoms in total. The highest BCUT2D eigenvalue weighted by Crippen LogP contribution is 2.31. The Morgan fingerprint density at radius 3 is 2.52 bits per heavy atom. The number of nitrogens with zero attached hydrogens (tertiary/aromatic N) is 2. The molecule has 2 aliphatic heterocycles. The second kappa shape index (κ2) is 7.92. The Kier molecular flexibility index (Phi) is 5.21. The topological polar surface area (TPSA) is 42.0 Å². The van der Waals surface area contributed by atoms with Crippen LogP contribution in [0, 0.1) is 0 Å². The first-order valence-electron chi connectivity index (χ1n) is 9.06. The third-order valence-corrected chi connectivity index (χ3v) is 4.98. The van der Waals surface area contributed by atoms with Gasteiger partial charge in [-0.3, -0.25) is 4.79 Å². The number of carbonyl (C=O) groups excluding carboxylic acids is 1. The first-order valence-corrected chi connectivity index (χ1v) is 9.44. The summed E-state index contributed by atoms with van der Waals surface area (Å²) < 4.78 is 11.1. The smallest absolute Gasteiger partial charge is 0.246 e. The average molecular weight is 385 g/mol. The molecule has 2 aromatic rings. The van der Waals surface area contributed by atoms with Crippen molar-refractivity contribution in [1.29, 1.82) is 0 Å². The zero-order chi connectivity index (χ0) is 18.6. The molecule has 0 aromatic heterocycles. The van der Waals surface area contributed by atoms with Gasteiger partial charge < -0.3 is 19.3 Å². The highest BCUT2D eigenvalue weighted by Gasteiger charge is 2.20. The zero-order valence-electron chi connectivity index (χ0n) is 14.9. The van der Waals surface area contributed by atoms with Crippen LogP contribution in [0.1, 0.15) is 5.56 Å². The van der Waals surface area contributed by atoms with Gasteiger partial charge in [-0.05, 0) is 42.0 Å². The predicted molar refractivity (Wildman–Crippen MR) is 107 cm³/mol. The molecule has 0 N–H and O–H groups in total. The van der Waals surface area contributed by atoms with E-state index in [2.05, 4.69) is 4.90 Å². The SMILES string of the molecule is O=C(/C=C/c1ccc2c(c1)OCCO2)N1CCN(c2cccc(Cl)c2)CC1. The first-order chi connectivity index (χ1) is 13.2. The highest BCUT2D eigenvalue weighted by molar-refractivity contribution is 6.30. The molecule has 27 heavy (non-hydrogen) atoms. The van der Waals surface area contributed by atoms with Gasteiger partial charge in [0.05, 0.1) is 0 Å². The molecule has 1 amide bonds. The second-order valence-electron chi connectivity index (χ2n) is 6.53. The molecule has 1 fully saturated rings. The van der Waals surface area contributed by atoms with Crippen LogP contribution in [-0.2, 0) is 4.79 Å². The van der Waals surface area contributed by atoms with Crippen LogP contribution in [0.4, 0.5) is 5.69 Å². The van der Waals surface area contributed by atoms with Crippen LogP contribution in [0.15, 0.2) is 48.5 Å². The lowest BCUT2D eigenvalue weighted by atomic mass is 10.1. The molecule has 0 saturated carbocycles. The first kappa shape index (κ1) is 17.7. The van der Waals surface area contributed by atoms with Crippen molar-refractivity contribution in [2.75, 3.05) is 44.3 Å². The number of amides is 1. The van der Waals surface area contributed by atoms with E-state index in [1.54, 1.807) is 6.08 Å². The molecular weight excluding hydrogens is 364 g/mol. The van der Waals surface area contributed by atoms with E-state index in [1.807, 2.05) is 53.4 Å². The minimum absolute atomic E-state index is 0.0237. The van der Waals surface area contributed by atoms with E-state index in [9.17, 15) is 4.79 Å². The van der Waals surface area contributed by atoms with E-state index in [0.29, 0.717) is 26.3 Å². The van der Waals surface area contributed by atoms with E-state index in [0.717, 1.165) is 40.9 Å². The number of ether oxygens (including phenoxy) is 2. The lowest BCUT2D eigenvalue weighted by molar-refractivity contribution is -0.126. The fraction of sp³-hybridized carbons (Fsp3) is 0.286. The lowest BCUT2D eigenvalue weighted by Gasteiger charge is -2.35. The third kappa shape index (κ3) is 4.19. The Morgan fingerprint density at radius 2 is 1.74 bits per heavy atom. The lowest BCUT2D eigenvalue weighted by Crippen LogP contribution is -2.48. The van der Waals surface area contributed by atoms with Gasteiger partial charge in [-0.15, -0.1) is 0 Å². The summed E-state index contributed by atoms with van der Waals surface area (Å²) >= 11 is 6.07. The van der Waals surface area contributed by atoms with E-state index < -0.39 is 0 Å². The molecule has 6 heteroatoms. The fourth-order valence-electron chi connectivity index (χ4n) is 3.29. The zero-order valence-corrected chi connectivity index (χ0v) is 15.7. The van der Waals surface area contributed by atoms with Gasteiger partial charge in [0, 0.05) is 43.0 Å². The number of halogens is 1. The van der Waals surface area contributed by atoms with Crippen molar-refractivity contribution >= 4 is 29.3 Å². The van der Waals surface area contributed by atoms with Crippen molar-refractivity contribution in [1.82, 2.24) is 4.90 Å². The number of piperazine rings is 1. The Labute approximate surface area is 163 Å². The number of fused-ring (bicyclic) bond motifs is 1. The van der Waals surface area contributed by atoms with E-state index in [1.165, 1.54) is 0 Å². The summed E-state index contributed by atoms with van der Waals surface area (Å²) in [7, 11) is 0. The van der Waals surface area contributed by atoms with Crippen molar-refractivity contribution in [3.8, 4) is 11.5 Å². The van der Waals surface area contributed by atoms with Crippen molar-refractivity contribution in [2.45, 2.75) is 0 Å².